The molecule has 0 spiro atoms. The number of rotatable bonds is 2. The van der Waals surface area contributed by atoms with Crippen LogP contribution in [0.4, 0.5) is 0 Å². The van der Waals surface area contributed by atoms with E-state index in [1.165, 1.54) is 6.26 Å². The van der Waals surface area contributed by atoms with Crippen molar-refractivity contribution in [2.24, 2.45) is 0 Å². The molecular formula is C10H11NO3. The lowest BCUT2D eigenvalue weighted by Crippen LogP contribution is -1.99. The van der Waals surface area contributed by atoms with E-state index in [9.17, 15) is 4.79 Å². The molecule has 0 fully saturated rings. The smallest absolute Gasteiger partial charge is 0.384 e. The first-order valence-electron chi connectivity index (χ1n) is 4.40. The molecule has 1 rings (SSSR count). The van der Waals surface area contributed by atoms with Gasteiger partial charge in [0.1, 0.15) is 6.26 Å². The van der Waals surface area contributed by atoms with E-state index in [1.807, 2.05) is 6.92 Å². The van der Waals surface area contributed by atoms with Crippen molar-refractivity contribution in [1.29, 1.82) is 0 Å². The number of aryl methyl sites for hydroxylation is 1. The number of hydrogen-bond acceptors (Lipinski definition) is 4. The third-order valence-electron chi connectivity index (χ3n) is 1.55. The molecule has 0 N–H and O–H groups in total. The number of nitrogens with zero attached hydrogens (tertiary/aromatic N) is 1. The summed E-state index contributed by atoms with van der Waals surface area (Å²) in [6.07, 6.45) is 2.15. The zero-order chi connectivity index (χ0) is 10.4. The standard InChI is InChI=1S/C10H11NO3/c1-3-9-8(7-14-11-9)5-6-10(12)13-4-2/h7H,3-4H2,1-2H3. The zero-order valence-corrected chi connectivity index (χ0v) is 8.16. The Hall–Kier alpha value is -1.76. The Morgan fingerprint density at radius 2 is 2.43 bits per heavy atom. The Kier molecular flexibility index (Phi) is 3.74. The molecule has 14 heavy (non-hydrogen) atoms. The van der Waals surface area contributed by atoms with Gasteiger partial charge in [0, 0.05) is 5.92 Å². The van der Waals surface area contributed by atoms with Crippen molar-refractivity contribution in [2.75, 3.05) is 6.61 Å². The van der Waals surface area contributed by atoms with E-state index in [0.29, 0.717) is 12.2 Å². The molecule has 0 saturated heterocycles. The van der Waals surface area contributed by atoms with Crippen LogP contribution in [0.5, 0.6) is 0 Å². The van der Waals surface area contributed by atoms with Crippen molar-refractivity contribution in [3.8, 4) is 11.8 Å². The minimum atomic E-state index is -0.532. The summed E-state index contributed by atoms with van der Waals surface area (Å²) in [5.41, 5.74) is 1.39. The Labute approximate surface area is 82.2 Å². The fourth-order valence-electron chi connectivity index (χ4n) is 0.902. The van der Waals surface area contributed by atoms with Crippen LogP contribution in [-0.2, 0) is 16.0 Å². The van der Waals surface area contributed by atoms with Gasteiger partial charge in [-0.25, -0.2) is 4.79 Å². The molecule has 0 bridgehead atoms. The second kappa shape index (κ2) is 5.07. The van der Waals surface area contributed by atoms with Gasteiger partial charge >= 0.3 is 5.97 Å². The van der Waals surface area contributed by atoms with Crippen molar-refractivity contribution in [3.63, 3.8) is 0 Å². The van der Waals surface area contributed by atoms with Gasteiger partial charge in [0.25, 0.3) is 0 Å². The minimum Gasteiger partial charge on any atom is -0.456 e. The van der Waals surface area contributed by atoms with Gasteiger partial charge in [-0.05, 0) is 19.3 Å². The fourth-order valence-corrected chi connectivity index (χ4v) is 0.902. The number of aromatic nitrogens is 1. The normalized spacial score (nSPS) is 9.00. The number of esters is 1. The van der Waals surface area contributed by atoms with E-state index < -0.39 is 5.97 Å². The molecule has 0 aliphatic rings. The van der Waals surface area contributed by atoms with Gasteiger partial charge in [-0.1, -0.05) is 12.1 Å². The van der Waals surface area contributed by atoms with Crippen LogP contribution in [0.1, 0.15) is 25.1 Å². The Morgan fingerprint density at radius 3 is 3.07 bits per heavy atom. The predicted molar refractivity (Wildman–Crippen MR) is 49.4 cm³/mol. The third kappa shape index (κ3) is 2.63. The highest BCUT2D eigenvalue weighted by Crippen LogP contribution is 2.04. The molecule has 1 aromatic heterocycles. The Bertz CT molecular complexity index is 370. The minimum absolute atomic E-state index is 0.331. The molecule has 0 aliphatic carbocycles. The molecule has 74 valence electrons. The fraction of sp³-hybridized carbons (Fsp3) is 0.400. The molecule has 0 saturated carbocycles. The Balaban J connectivity index is 2.72. The molecule has 0 amide bonds. The summed E-state index contributed by atoms with van der Waals surface area (Å²) in [4.78, 5) is 10.9. The number of carbonyl (C=O) groups excluding carboxylic acids is 1. The molecule has 4 nitrogen and oxygen atoms in total. The monoisotopic (exact) mass is 193 g/mol. The molecule has 0 radical (unpaired) electrons. The maximum Gasteiger partial charge on any atom is 0.384 e. The van der Waals surface area contributed by atoms with Crippen LogP contribution < -0.4 is 0 Å². The van der Waals surface area contributed by atoms with E-state index in [0.717, 1.165) is 12.1 Å². The van der Waals surface area contributed by atoms with Gasteiger partial charge in [-0.3, -0.25) is 0 Å². The third-order valence-corrected chi connectivity index (χ3v) is 1.55. The van der Waals surface area contributed by atoms with Gasteiger partial charge in [-0.2, -0.15) is 0 Å². The SMILES string of the molecule is CCOC(=O)C#Cc1conc1CC. The average molecular weight is 193 g/mol. The van der Waals surface area contributed by atoms with Crippen molar-refractivity contribution >= 4 is 5.97 Å². The average Bonchev–Trinajstić information content (AvgIpc) is 2.62. The lowest BCUT2D eigenvalue weighted by atomic mass is 10.2. The van der Waals surface area contributed by atoms with E-state index in [4.69, 9.17) is 4.52 Å². The highest BCUT2D eigenvalue weighted by Gasteiger charge is 2.02. The van der Waals surface area contributed by atoms with E-state index >= 15 is 0 Å². The first kappa shape index (κ1) is 10.3. The van der Waals surface area contributed by atoms with Crippen LogP contribution >= 0.6 is 0 Å². The molecule has 4 heteroatoms. The van der Waals surface area contributed by atoms with Crippen LogP contribution in [0.2, 0.25) is 0 Å². The molecule has 0 unspecified atom stereocenters. The van der Waals surface area contributed by atoms with Crippen LogP contribution in [0, 0.1) is 11.8 Å². The zero-order valence-electron chi connectivity index (χ0n) is 8.16. The van der Waals surface area contributed by atoms with Crippen molar-refractivity contribution in [2.45, 2.75) is 20.3 Å². The van der Waals surface area contributed by atoms with Crippen molar-refractivity contribution < 1.29 is 14.1 Å². The lowest BCUT2D eigenvalue weighted by molar-refractivity contribution is -0.136. The summed E-state index contributed by atoms with van der Waals surface area (Å²) in [6.45, 7) is 4.00. The van der Waals surface area contributed by atoms with Crippen LogP contribution in [-0.4, -0.2) is 17.7 Å². The number of carbonyl (C=O) groups is 1. The van der Waals surface area contributed by atoms with E-state index in [1.54, 1.807) is 6.92 Å². The second-order valence-corrected chi connectivity index (χ2v) is 2.50. The van der Waals surface area contributed by atoms with Crippen molar-refractivity contribution in [3.05, 3.63) is 17.5 Å². The summed E-state index contributed by atoms with van der Waals surface area (Å²) >= 11 is 0. The molecular weight excluding hydrogens is 182 g/mol. The summed E-state index contributed by atoms with van der Waals surface area (Å²) in [5, 5.41) is 3.73. The summed E-state index contributed by atoms with van der Waals surface area (Å²) in [6, 6.07) is 0. The van der Waals surface area contributed by atoms with E-state index in [2.05, 4.69) is 21.7 Å². The van der Waals surface area contributed by atoms with Crippen molar-refractivity contribution in [1.82, 2.24) is 5.16 Å². The van der Waals surface area contributed by atoms with Gasteiger partial charge in [-0.15, -0.1) is 0 Å². The van der Waals surface area contributed by atoms with Gasteiger partial charge in [0.15, 0.2) is 0 Å². The van der Waals surface area contributed by atoms with Crippen LogP contribution in [0.15, 0.2) is 10.8 Å². The van der Waals surface area contributed by atoms with Crippen LogP contribution in [0.3, 0.4) is 0 Å². The second-order valence-electron chi connectivity index (χ2n) is 2.50. The number of ether oxygens (including phenoxy) is 1. The summed E-state index contributed by atoms with van der Waals surface area (Å²) in [5.74, 6) is 4.47. The molecule has 1 aromatic rings. The lowest BCUT2D eigenvalue weighted by Gasteiger charge is -1.90. The van der Waals surface area contributed by atoms with Crippen LogP contribution in [0.25, 0.3) is 0 Å². The summed E-state index contributed by atoms with van der Waals surface area (Å²) < 4.78 is 9.37. The Morgan fingerprint density at radius 1 is 1.64 bits per heavy atom. The maximum absolute atomic E-state index is 10.9. The molecule has 1 heterocycles. The summed E-state index contributed by atoms with van der Waals surface area (Å²) in [7, 11) is 0. The molecule has 0 aromatic carbocycles. The quantitative estimate of drug-likeness (QED) is 0.522. The maximum atomic E-state index is 10.9. The number of hydrogen-bond donors (Lipinski definition) is 0. The largest absolute Gasteiger partial charge is 0.456 e. The first-order valence-corrected chi connectivity index (χ1v) is 4.40. The molecule has 0 aliphatic heterocycles. The first-order chi connectivity index (χ1) is 6.77. The van der Waals surface area contributed by atoms with E-state index in [-0.39, 0.29) is 0 Å². The predicted octanol–water partition coefficient (Wildman–Crippen LogP) is 1.15. The highest BCUT2D eigenvalue weighted by atomic mass is 16.5. The van der Waals surface area contributed by atoms with Gasteiger partial charge in [0.2, 0.25) is 0 Å². The highest BCUT2D eigenvalue weighted by molar-refractivity contribution is 5.89. The van der Waals surface area contributed by atoms with Gasteiger partial charge < -0.3 is 9.26 Å². The topological polar surface area (TPSA) is 52.3 Å². The molecule has 0 atom stereocenters. The van der Waals surface area contributed by atoms with Gasteiger partial charge in [0.05, 0.1) is 17.9 Å².